The minimum absolute atomic E-state index is 0. The number of hydrogen-bond donors (Lipinski definition) is 2. The van der Waals surface area contributed by atoms with Crippen molar-refractivity contribution in [3.8, 4) is 5.75 Å². The highest BCUT2D eigenvalue weighted by molar-refractivity contribution is 6.61. The third-order valence-electron chi connectivity index (χ3n) is 3.60. The van der Waals surface area contributed by atoms with Crippen molar-refractivity contribution in [1.29, 1.82) is 0 Å². The van der Waals surface area contributed by atoms with Gasteiger partial charge in [0, 0.05) is 6.54 Å². The average Bonchev–Trinajstić information content (AvgIpc) is 2.88. The van der Waals surface area contributed by atoms with Crippen LogP contribution in [0, 0.1) is 0 Å². The third kappa shape index (κ3) is 4.12. The van der Waals surface area contributed by atoms with E-state index in [9.17, 15) is 5.02 Å². The predicted octanol–water partition coefficient (Wildman–Crippen LogP) is 1.59. The van der Waals surface area contributed by atoms with Crippen molar-refractivity contribution in [2.24, 2.45) is 5.73 Å². The lowest BCUT2D eigenvalue weighted by Crippen LogP contribution is -2.28. The van der Waals surface area contributed by atoms with E-state index < -0.39 is 7.12 Å². The Bertz CT molecular complexity index is 623. The number of nitrogens with two attached hydrogens (primary N) is 1. The Hall–Kier alpha value is -1.86. The summed E-state index contributed by atoms with van der Waals surface area (Å²) in [5, 5.41) is 9.86. The Balaban J connectivity index is 0.00000192. The maximum absolute atomic E-state index is 9.86. The molecule has 0 bridgehead atoms. The fourth-order valence-corrected chi connectivity index (χ4v) is 2.48. The lowest BCUT2D eigenvalue weighted by molar-refractivity contribution is 0.00508. The summed E-state index contributed by atoms with van der Waals surface area (Å²) >= 11 is 0. The average molecular weight is 315 g/mol. The minimum Gasteiger partial charge on any atom is -0.468 e. The van der Waals surface area contributed by atoms with Crippen molar-refractivity contribution in [2.45, 2.75) is 20.1 Å². The largest absolute Gasteiger partial charge is 0.492 e. The highest BCUT2D eigenvalue weighted by Gasteiger charge is 2.34. The molecule has 2 aromatic carbocycles. The first-order valence-corrected chi connectivity index (χ1v) is 7.20. The van der Waals surface area contributed by atoms with Crippen molar-refractivity contribution in [2.75, 3.05) is 13.3 Å². The molecule has 1 aliphatic rings. The summed E-state index contributed by atoms with van der Waals surface area (Å²) in [6, 6.07) is 15.4. The van der Waals surface area contributed by atoms with Gasteiger partial charge in [0.15, 0.2) is 6.79 Å². The molecule has 3 rings (SSSR count). The van der Waals surface area contributed by atoms with Crippen LogP contribution in [0.2, 0.25) is 0 Å². The molecule has 0 spiro atoms. The molecule has 0 amide bonds. The van der Waals surface area contributed by atoms with Crippen LogP contribution in [-0.2, 0) is 16.0 Å². The molecule has 0 fully saturated rings. The summed E-state index contributed by atoms with van der Waals surface area (Å²) in [4.78, 5) is 0. The van der Waals surface area contributed by atoms with Crippen LogP contribution in [-0.4, -0.2) is 25.5 Å². The fourth-order valence-electron chi connectivity index (χ4n) is 2.48. The molecule has 122 valence electrons. The van der Waals surface area contributed by atoms with Crippen LogP contribution >= 0.6 is 0 Å². The first kappa shape index (κ1) is 17.5. The van der Waals surface area contributed by atoms with Gasteiger partial charge in [-0.2, -0.15) is 0 Å². The van der Waals surface area contributed by atoms with Crippen molar-refractivity contribution >= 4 is 12.6 Å². The van der Waals surface area contributed by atoms with E-state index in [2.05, 4.69) is 0 Å². The standard InChI is InChI=1S/C16H18BNO4.CH4/c18-9-16-14-7-6-13(8-15(14)17(19)22-16)21-11-20-10-12-4-2-1-3-5-12;/h1-8,16,19H,9-11,18H2;1H4. The number of fused-ring (bicyclic) bond motifs is 1. The second-order valence-corrected chi connectivity index (χ2v) is 5.10. The molecule has 1 aliphatic heterocycles. The molecular formula is C17H22BNO4. The number of hydrogen-bond acceptors (Lipinski definition) is 5. The van der Waals surface area contributed by atoms with Crippen LogP contribution < -0.4 is 15.9 Å². The van der Waals surface area contributed by atoms with E-state index in [1.165, 1.54) is 0 Å². The Kier molecular flexibility index (Phi) is 6.18. The molecular weight excluding hydrogens is 293 g/mol. The number of ether oxygens (including phenoxy) is 2. The van der Waals surface area contributed by atoms with Crippen LogP contribution in [0.15, 0.2) is 48.5 Å². The van der Waals surface area contributed by atoms with Crippen LogP contribution in [0.3, 0.4) is 0 Å². The van der Waals surface area contributed by atoms with Crippen molar-refractivity contribution < 1.29 is 19.2 Å². The number of benzene rings is 2. The Morgan fingerprint density at radius 3 is 2.70 bits per heavy atom. The SMILES string of the molecule is C.NCC1OB(O)c2cc(OCOCc3ccccc3)ccc21. The van der Waals surface area contributed by atoms with Crippen LogP contribution in [0.1, 0.15) is 24.7 Å². The molecule has 23 heavy (non-hydrogen) atoms. The summed E-state index contributed by atoms with van der Waals surface area (Å²) in [6.45, 7) is 0.974. The van der Waals surface area contributed by atoms with Gasteiger partial charge in [-0.3, -0.25) is 0 Å². The van der Waals surface area contributed by atoms with E-state index in [0.717, 1.165) is 11.1 Å². The Morgan fingerprint density at radius 1 is 1.17 bits per heavy atom. The van der Waals surface area contributed by atoms with Crippen LogP contribution in [0.4, 0.5) is 0 Å². The molecule has 2 aromatic rings. The number of rotatable bonds is 6. The summed E-state index contributed by atoms with van der Waals surface area (Å²) in [6.07, 6.45) is -0.256. The Labute approximate surface area is 137 Å². The van der Waals surface area contributed by atoms with Gasteiger partial charge in [-0.15, -0.1) is 0 Å². The van der Waals surface area contributed by atoms with Gasteiger partial charge in [0.05, 0.1) is 12.7 Å². The second kappa shape index (κ2) is 8.13. The lowest BCUT2D eigenvalue weighted by atomic mass is 9.79. The summed E-state index contributed by atoms with van der Waals surface area (Å²) < 4.78 is 16.4. The third-order valence-corrected chi connectivity index (χ3v) is 3.60. The fraction of sp³-hybridized carbons (Fsp3) is 0.294. The monoisotopic (exact) mass is 315 g/mol. The molecule has 0 saturated heterocycles. The normalized spacial score (nSPS) is 15.9. The highest BCUT2D eigenvalue weighted by atomic mass is 16.7. The summed E-state index contributed by atoms with van der Waals surface area (Å²) in [7, 11) is -0.947. The topological polar surface area (TPSA) is 73.9 Å². The van der Waals surface area contributed by atoms with Crippen molar-refractivity contribution in [3.63, 3.8) is 0 Å². The molecule has 0 saturated carbocycles. The van der Waals surface area contributed by atoms with Gasteiger partial charge in [0.25, 0.3) is 0 Å². The molecule has 0 aliphatic carbocycles. The molecule has 6 heteroatoms. The highest BCUT2D eigenvalue weighted by Crippen LogP contribution is 2.24. The molecule has 0 aromatic heterocycles. The molecule has 1 heterocycles. The van der Waals surface area contributed by atoms with Gasteiger partial charge in [-0.05, 0) is 28.7 Å². The van der Waals surface area contributed by atoms with Gasteiger partial charge in [-0.1, -0.05) is 43.8 Å². The minimum atomic E-state index is -0.947. The first-order chi connectivity index (χ1) is 10.8. The molecule has 3 N–H and O–H groups in total. The van der Waals surface area contributed by atoms with Crippen LogP contribution in [0.5, 0.6) is 5.75 Å². The van der Waals surface area contributed by atoms with E-state index in [4.69, 9.17) is 19.9 Å². The van der Waals surface area contributed by atoms with Gasteiger partial charge in [-0.25, -0.2) is 0 Å². The zero-order chi connectivity index (χ0) is 15.4. The van der Waals surface area contributed by atoms with Gasteiger partial charge < -0.3 is 24.9 Å². The zero-order valence-electron chi connectivity index (χ0n) is 12.1. The Morgan fingerprint density at radius 2 is 1.96 bits per heavy atom. The summed E-state index contributed by atoms with van der Waals surface area (Å²) in [5.41, 5.74) is 8.32. The summed E-state index contributed by atoms with van der Waals surface area (Å²) in [5.74, 6) is 0.632. The van der Waals surface area contributed by atoms with E-state index in [0.29, 0.717) is 24.4 Å². The van der Waals surface area contributed by atoms with Gasteiger partial charge >= 0.3 is 7.12 Å². The second-order valence-electron chi connectivity index (χ2n) is 5.10. The molecule has 5 nitrogen and oxygen atoms in total. The predicted molar refractivity (Wildman–Crippen MR) is 90.4 cm³/mol. The maximum atomic E-state index is 9.86. The van der Waals surface area contributed by atoms with Crippen LogP contribution in [0.25, 0.3) is 0 Å². The molecule has 1 atom stereocenters. The van der Waals surface area contributed by atoms with Crippen molar-refractivity contribution in [3.05, 3.63) is 59.7 Å². The maximum Gasteiger partial charge on any atom is 0.492 e. The van der Waals surface area contributed by atoms with Gasteiger partial charge in [0.2, 0.25) is 0 Å². The quantitative estimate of drug-likeness (QED) is 0.481. The van der Waals surface area contributed by atoms with E-state index in [1.54, 1.807) is 6.07 Å². The first-order valence-electron chi connectivity index (χ1n) is 7.20. The molecule has 0 radical (unpaired) electrons. The van der Waals surface area contributed by atoms with E-state index >= 15 is 0 Å². The molecule has 1 unspecified atom stereocenters. The van der Waals surface area contributed by atoms with Gasteiger partial charge in [0.1, 0.15) is 5.75 Å². The van der Waals surface area contributed by atoms with Crippen molar-refractivity contribution in [1.82, 2.24) is 0 Å². The smallest absolute Gasteiger partial charge is 0.468 e. The van der Waals surface area contributed by atoms with E-state index in [1.807, 2.05) is 42.5 Å². The zero-order valence-corrected chi connectivity index (χ0v) is 12.1. The lowest BCUT2D eigenvalue weighted by Gasteiger charge is -2.10. The van der Waals surface area contributed by atoms with E-state index in [-0.39, 0.29) is 20.3 Å².